The number of hydrogen-bond acceptors (Lipinski definition) is 7. The van der Waals surface area contributed by atoms with E-state index in [2.05, 4.69) is 5.32 Å². The summed E-state index contributed by atoms with van der Waals surface area (Å²) in [7, 11) is 0. The summed E-state index contributed by atoms with van der Waals surface area (Å²) in [6.45, 7) is 3.98. The van der Waals surface area contributed by atoms with Crippen LogP contribution in [0.3, 0.4) is 0 Å². The third kappa shape index (κ3) is 4.38. The van der Waals surface area contributed by atoms with Crippen LogP contribution in [0.5, 0.6) is 0 Å². The van der Waals surface area contributed by atoms with Gasteiger partial charge in [0.2, 0.25) is 5.91 Å². The molecule has 2 rings (SSSR count). The number of aromatic carboxylic acids is 1. The first-order chi connectivity index (χ1) is 12.2. The second-order valence-electron chi connectivity index (χ2n) is 5.89. The van der Waals surface area contributed by atoms with Crippen molar-refractivity contribution in [3.8, 4) is 0 Å². The number of carbonyl (C=O) groups is 4. The zero-order valence-electron chi connectivity index (χ0n) is 14.4. The van der Waals surface area contributed by atoms with Crippen molar-refractivity contribution >= 4 is 40.2 Å². The zero-order chi connectivity index (χ0) is 19.4. The van der Waals surface area contributed by atoms with Gasteiger partial charge in [0, 0.05) is 6.54 Å². The molecule has 1 aromatic heterocycles. The van der Waals surface area contributed by atoms with E-state index in [-0.39, 0.29) is 40.7 Å². The minimum absolute atomic E-state index is 0.0471. The van der Waals surface area contributed by atoms with Crippen molar-refractivity contribution in [1.82, 2.24) is 4.90 Å². The molecule has 1 unspecified atom stereocenters. The summed E-state index contributed by atoms with van der Waals surface area (Å²) < 4.78 is 4.91. The first-order valence-electron chi connectivity index (χ1n) is 8.03. The Kier molecular flexibility index (Phi) is 6.32. The van der Waals surface area contributed by atoms with Gasteiger partial charge < -0.3 is 20.3 Å². The molecule has 26 heavy (non-hydrogen) atoms. The number of rotatable bonds is 7. The van der Waals surface area contributed by atoms with Crippen LogP contribution in [-0.2, 0) is 14.3 Å². The van der Waals surface area contributed by atoms with Crippen molar-refractivity contribution in [2.24, 2.45) is 5.92 Å². The van der Waals surface area contributed by atoms with Gasteiger partial charge in [-0.25, -0.2) is 9.59 Å². The van der Waals surface area contributed by atoms with Gasteiger partial charge in [-0.3, -0.25) is 14.5 Å². The first kappa shape index (κ1) is 19.9. The van der Waals surface area contributed by atoms with Gasteiger partial charge in [0.1, 0.15) is 9.88 Å². The molecule has 9 nitrogen and oxygen atoms in total. The number of esters is 1. The highest BCUT2D eigenvalue weighted by molar-refractivity contribution is 7.18. The van der Waals surface area contributed by atoms with E-state index < -0.39 is 29.7 Å². The molecular weight excluding hydrogens is 364 g/mol. The smallest absolute Gasteiger partial charge is 0.348 e. The van der Waals surface area contributed by atoms with E-state index in [4.69, 9.17) is 9.84 Å². The van der Waals surface area contributed by atoms with Gasteiger partial charge in [-0.15, -0.1) is 11.3 Å². The monoisotopic (exact) mass is 384 g/mol. The third-order valence-electron chi connectivity index (χ3n) is 4.06. The first-order valence-corrected chi connectivity index (χ1v) is 8.85. The number of amides is 1. The van der Waals surface area contributed by atoms with Crippen molar-refractivity contribution in [1.29, 1.82) is 0 Å². The summed E-state index contributed by atoms with van der Waals surface area (Å²) in [4.78, 5) is 48.5. The Balaban J connectivity index is 2.11. The van der Waals surface area contributed by atoms with Crippen LogP contribution >= 0.6 is 11.3 Å². The van der Waals surface area contributed by atoms with Gasteiger partial charge >= 0.3 is 17.9 Å². The molecular formula is C16H20N2O7S. The number of carboxylic acid groups (broad SMARTS) is 2. The molecule has 0 aromatic carbocycles. The fraction of sp³-hybridized carbons (Fsp3) is 0.500. The van der Waals surface area contributed by atoms with Gasteiger partial charge in [-0.05, 0) is 32.4 Å². The largest absolute Gasteiger partial charge is 0.481 e. The summed E-state index contributed by atoms with van der Waals surface area (Å²) in [5, 5.41) is 21.0. The minimum atomic E-state index is -1.25. The van der Waals surface area contributed by atoms with Crippen LogP contribution in [0.15, 0.2) is 0 Å². The average molecular weight is 384 g/mol. The Bertz CT molecular complexity index is 743. The van der Waals surface area contributed by atoms with E-state index >= 15 is 0 Å². The SMILES string of the molecule is CCOC(=O)c1sc(NC(=O)CN2CCC(C(=O)O)C2)c(C(=O)O)c1C. The van der Waals surface area contributed by atoms with E-state index in [9.17, 15) is 24.3 Å². The fourth-order valence-corrected chi connectivity index (χ4v) is 3.91. The lowest BCUT2D eigenvalue weighted by molar-refractivity contribution is -0.141. The summed E-state index contributed by atoms with van der Waals surface area (Å²) >= 11 is 0.854. The molecule has 0 bridgehead atoms. The molecule has 1 aliphatic rings. The van der Waals surface area contributed by atoms with Gasteiger partial charge in [-0.1, -0.05) is 0 Å². The van der Waals surface area contributed by atoms with Crippen LogP contribution in [-0.4, -0.2) is 65.2 Å². The molecule has 1 atom stereocenters. The Morgan fingerprint density at radius 2 is 2.00 bits per heavy atom. The highest BCUT2D eigenvalue weighted by atomic mass is 32.1. The Morgan fingerprint density at radius 1 is 1.31 bits per heavy atom. The topological polar surface area (TPSA) is 133 Å². The highest BCUT2D eigenvalue weighted by Crippen LogP contribution is 2.33. The third-order valence-corrected chi connectivity index (χ3v) is 5.25. The predicted octanol–water partition coefficient (Wildman–Crippen LogP) is 1.28. The van der Waals surface area contributed by atoms with E-state index in [1.54, 1.807) is 11.8 Å². The van der Waals surface area contributed by atoms with Crippen molar-refractivity contribution < 1.29 is 34.1 Å². The molecule has 1 saturated heterocycles. The van der Waals surface area contributed by atoms with E-state index in [1.807, 2.05) is 0 Å². The number of thiophene rings is 1. The number of carbonyl (C=O) groups excluding carboxylic acids is 2. The predicted molar refractivity (Wildman–Crippen MR) is 92.8 cm³/mol. The van der Waals surface area contributed by atoms with Gasteiger partial charge in [0.05, 0.1) is 24.6 Å². The lowest BCUT2D eigenvalue weighted by Gasteiger charge is -2.14. The van der Waals surface area contributed by atoms with Crippen molar-refractivity contribution in [3.05, 3.63) is 16.0 Å². The molecule has 0 aliphatic carbocycles. The molecule has 10 heteroatoms. The van der Waals surface area contributed by atoms with Gasteiger partial charge in [0.15, 0.2) is 0 Å². The highest BCUT2D eigenvalue weighted by Gasteiger charge is 2.30. The second kappa shape index (κ2) is 8.28. The summed E-state index contributed by atoms with van der Waals surface area (Å²) in [6.07, 6.45) is 0.466. The number of ether oxygens (including phenoxy) is 1. The number of nitrogens with one attached hydrogen (secondary N) is 1. The van der Waals surface area contributed by atoms with Crippen LogP contribution in [0.1, 0.15) is 38.9 Å². The number of nitrogens with zero attached hydrogens (tertiary/aromatic N) is 1. The number of hydrogen-bond donors (Lipinski definition) is 3. The summed E-state index contributed by atoms with van der Waals surface area (Å²) in [5.74, 6) is -3.75. The summed E-state index contributed by atoms with van der Waals surface area (Å²) in [6, 6.07) is 0. The lowest BCUT2D eigenvalue weighted by Crippen LogP contribution is -2.32. The van der Waals surface area contributed by atoms with Crippen molar-refractivity contribution in [2.75, 3.05) is 31.6 Å². The van der Waals surface area contributed by atoms with E-state index in [1.165, 1.54) is 6.92 Å². The average Bonchev–Trinajstić information content (AvgIpc) is 3.12. The number of aliphatic carboxylic acids is 1. The lowest BCUT2D eigenvalue weighted by atomic mass is 10.1. The van der Waals surface area contributed by atoms with Crippen molar-refractivity contribution in [2.45, 2.75) is 20.3 Å². The minimum Gasteiger partial charge on any atom is -0.481 e. The molecule has 3 N–H and O–H groups in total. The van der Waals surface area contributed by atoms with Gasteiger partial charge in [-0.2, -0.15) is 0 Å². The van der Waals surface area contributed by atoms with E-state index in [0.29, 0.717) is 13.0 Å². The molecule has 0 saturated carbocycles. The molecule has 0 spiro atoms. The van der Waals surface area contributed by atoms with Crippen molar-refractivity contribution in [3.63, 3.8) is 0 Å². The maximum atomic E-state index is 12.2. The molecule has 1 amide bonds. The van der Waals surface area contributed by atoms with Crippen LogP contribution in [0.25, 0.3) is 0 Å². The molecule has 2 heterocycles. The van der Waals surface area contributed by atoms with Crippen LogP contribution in [0, 0.1) is 12.8 Å². The zero-order valence-corrected chi connectivity index (χ0v) is 15.2. The normalized spacial score (nSPS) is 17.1. The molecule has 142 valence electrons. The standard InChI is InChI=1S/C16H20N2O7S/c1-3-25-16(24)12-8(2)11(15(22)23)13(26-12)17-10(19)7-18-5-4-9(6-18)14(20)21/h9H,3-7H2,1-2H3,(H,17,19)(H,20,21)(H,22,23). The fourth-order valence-electron chi connectivity index (χ4n) is 2.80. The second-order valence-corrected chi connectivity index (χ2v) is 6.91. The molecule has 1 fully saturated rings. The summed E-state index contributed by atoms with van der Waals surface area (Å²) in [5.41, 5.74) is 0.0969. The van der Waals surface area contributed by atoms with Crippen LogP contribution in [0.2, 0.25) is 0 Å². The number of carboxylic acids is 2. The van der Waals surface area contributed by atoms with Crippen LogP contribution < -0.4 is 5.32 Å². The van der Waals surface area contributed by atoms with E-state index in [0.717, 1.165) is 11.3 Å². The Labute approximate surface area is 153 Å². The molecule has 0 radical (unpaired) electrons. The number of anilines is 1. The molecule has 1 aromatic rings. The molecule has 1 aliphatic heterocycles. The Hall–Kier alpha value is -2.46. The quantitative estimate of drug-likeness (QED) is 0.599. The maximum Gasteiger partial charge on any atom is 0.348 e. The maximum absolute atomic E-state index is 12.2. The van der Waals surface area contributed by atoms with Gasteiger partial charge in [0.25, 0.3) is 0 Å². The van der Waals surface area contributed by atoms with Crippen LogP contribution in [0.4, 0.5) is 5.00 Å². The number of likely N-dealkylation sites (tertiary alicyclic amines) is 1. The Morgan fingerprint density at radius 3 is 2.54 bits per heavy atom.